The van der Waals surface area contributed by atoms with Gasteiger partial charge in [0.05, 0.1) is 7.11 Å². The van der Waals surface area contributed by atoms with E-state index in [4.69, 9.17) is 15.2 Å². The van der Waals surface area contributed by atoms with Gasteiger partial charge in [0.25, 0.3) is 0 Å². The fraction of sp³-hybridized carbons (Fsp3) is 0.647. The lowest BCUT2D eigenvalue weighted by molar-refractivity contribution is -0.0770. The quantitative estimate of drug-likeness (QED) is 0.918. The van der Waals surface area contributed by atoms with E-state index in [0.717, 1.165) is 17.9 Å². The zero-order valence-electron chi connectivity index (χ0n) is 12.3. The number of methoxy groups -OCH3 is 1. The van der Waals surface area contributed by atoms with Gasteiger partial charge < -0.3 is 15.2 Å². The Morgan fingerprint density at radius 1 is 1.00 bits per heavy atom. The molecule has 3 rings (SSSR count). The third-order valence-electron chi connectivity index (χ3n) is 5.22. The molecule has 0 aromatic heterocycles. The molecule has 2 aliphatic carbocycles. The minimum absolute atomic E-state index is 0.233. The number of nitrogens with two attached hydrogens (primary N) is 1. The molecule has 0 radical (unpaired) electrons. The molecule has 0 amide bonds. The van der Waals surface area contributed by atoms with Gasteiger partial charge in [-0.2, -0.15) is 0 Å². The normalized spacial score (nSPS) is 28.5. The van der Waals surface area contributed by atoms with Crippen LogP contribution in [-0.4, -0.2) is 19.3 Å². The minimum atomic E-state index is 0.233. The van der Waals surface area contributed by atoms with Gasteiger partial charge in [0, 0.05) is 17.9 Å². The maximum absolute atomic E-state index is 6.35. The third kappa shape index (κ3) is 2.39. The lowest BCUT2D eigenvalue weighted by atomic mass is 9.58. The molecular weight excluding hydrogens is 250 g/mol. The van der Waals surface area contributed by atoms with Gasteiger partial charge in [0.1, 0.15) is 17.6 Å². The van der Waals surface area contributed by atoms with Gasteiger partial charge in [0.15, 0.2) is 0 Å². The van der Waals surface area contributed by atoms with E-state index >= 15 is 0 Å². The second-order valence-corrected chi connectivity index (χ2v) is 6.27. The summed E-state index contributed by atoms with van der Waals surface area (Å²) < 4.78 is 11.4. The van der Waals surface area contributed by atoms with Gasteiger partial charge in [-0.15, -0.1) is 0 Å². The predicted molar refractivity (Wildman–Crippen MR) is 80.1 cm³/mol. The number of hydrogen-bond donors (Lipinski definition) is 1. The van der Waals surface area contributed by atoms with Gasteiger partial charge >= 0.3 is 0 Å². The Kier molecular flexibility index (Phi) is 3.88. The van der Waals surface area contributed by atoms with E-state index < -0.39 is 0 Å². The molecule has 2 fully saturated rings. The number of hydrogen-bond acceptors (Lipinski definition) is 3. The molecule has 2 saturated carbocycles. The Morgan fingerprint density at radius 3 is 2.15 bits per heavy atom. The van der Waals surface area contributed by atoms with E-state index in [1.165, 1.54) is 38.5 Å². The molecule has 1 spiro atoms. The molecule has 2 atom stereocenters. The maximum atomic E-state index is 6.35. The van der Waals surface area contributed by atoms with Crippen LogP contribution < -0.4 is 15.2 Å². The molecule has 2 unspecified atom stereocenters. The highest BCUT2D eigenvalue weighted by atomic mass is 16.5. The summed E-state index contributed by atoms with van der Waals surface area (Å²) in [6.07, 6.45) is 9.06. The Balaban J connectivity index is 1.69. The summed E-state index contributed by atoms with van der Waals surface area (Å²) in [7, 11) is 1.68. The molecule has 2 aliphatic rings. The first-order valence-corrected chi connectivity index (χ1v) is 7.81. The molecule has 0 aliphatic heterocycles. The Morgan fingerprint density at radius 2 is 1.60 bits per heavy atom. The molecule has 2 N–H and O–H groups in total. The van der Waals surface area contributed by atoms with Crippen molar-refractivity contribution < 1.29 is 9.47 Å². The minimum Gasteiger partial charge on any atom is -0.497 e. The van der Waals surface area contributed by atoms with Crippen LogP contribution in [0.3, 0.4) is 0 Å². The monoisotopic (exact) mass is 275 g/mol. The van der Waals surface area contributed by atoms with Crippen molar-refractivity contribution in [1.82, 2.24) is 0 Å². The van der Waals surface area contributed by atoms with Crippen LogP contribution in [0.1, 0.15) is 44.9 Å². The molecule has 110 valence electrons. The highest BCUT2D eigenvalue weighted by Crippen LogP contribution is 2.51. The van der Waals surface area contributed by atoms with Crippen molar-refractivity contribution >= 4 is 0 Å². The smallest absolute Gasteiger partial charge is 0.120 e. The van der Waals surface area contributed by atoms with Crippen molar-refractivity contribution in [1.29, 1.82) is 0 Å². The zero-order valence-corrected chi connectivity index (χ0v) is 12.3. The van der Waals surface area contributed by atoms with Crippen molar-refractivity contribution in [3.05, 3.63) is 24.3 Å². The molecule has 0 saturated heterocycles. The number of benzene rings is 1. The Bertz CT molecular complexity index is 435. The fourth-order valence-electron chi connectivity index (χ4n) is 3.84. The molecule has 1 aromatic carbocycles. The Hall–Kier alpha value is -1.22. The average molecular weight is 275 g/mol. The van der Waals surface area contributed by atoms with Gasteiger partial charge in [-0.05, 0) is 37.1 Å². The van der Waals surface area contributed by atoms with E-state index in [1.54, 1.807) is 7.11 Å². The van der Waals surface area contributed by atoms with Gasteiger partial charge in [-0.25, -0.2) is 0 Å². The topological polar surface area (TPSA) is 44.5 Å². The lowest BCUT2D eigenvalue weighted by Gasteiger charge is -2.54. The molecule has 3 heteroatoms. The van der Waals surface area contributed by atoms with Crippen LogP contribution in [0, 0.1) is 5.41 Å². The van der Waals surface area contributed by atoms with Crippen molar-refractivity contribution in [2.24, 2.45) is 11.1 Å². The van der Waals surface area contributed by atoms with Crippen LogP contribution in [0.5, 0.6) is 11.5 Å². The summed E-state index contributed by atoms with van der Waals surface area (Å²) in [5, 5.41) is 0. The van der Waals surface area contributed by atoms with Crippen LogP contribution in [0.4, 0.5) is 0 Å². The highest BCUT2D eigenvalue weighted by molar-refractivity contribution is 5.31. The van der Waals surface area contributed by atoms with Crippen LogP contribution in [0.2, 0.25) is 0 Å². The van der Waals surface area contributed by atoms with E-state index in [-0.39, 0.29) is 5.41 Å². The first kappa shape index (κ1) is 13.7. The van der Waals surface area contributed by atoms with Crippen molar-refractivity contribution in [3.63, 3.8) is 0 Å². The van der Waals surface area contributed by atoms with Gasteiger partial charge in [-0.3, -0.25) is 0 Å². The van der Waals surface area contributed by atoms with Crippen molar-refractivity contribution in [2.75, 3.05) is 7.11 Å². The van der Waals surface area contributed by atoms with E-state index in [1.807, 2.05) is 24.3 Å². The Labute approximate surface area is 121 Å². The van der Waals surface area contributed by atoms with Gasteiger partial charge in [-0.1, -0.05) is 25.7 Å². The third-order valence-corrected chi connectivity index (χ3v) is 5.22. The first-order chi connectivity index (χ1) is 9.74. The second kappa shape index (κ2) is 5.65. The number of rotatable bonds is 3. The standard InChI is InChI=1S/C17H25NO2/c1-19-13-6-8-14(9-7-13)20-16-12-15(18)17(16)10-4-2-3-5-11-17/h6-9,15-16H,2-5,10-12,18H2,1H3. The highest BCUT2D eigenvalue weighted by Gasteiger charge is 2.54. The van der Waals surface area contributed by atoms with Crippen molar-refractivity contribution in [3.8, 4) is 11.5 Å². The summed E-state index contributed by atoms with van der Waals surface area (Å²) in [6.45, 7) is 0. The van der Waals surface area contributed by atoms with E-state index in [9.17, 15) is 0 Å². The SMILES string of the molecule is COc1ccc(OC2CC(N)C23CCCCCC3)cc1. The van der Waals surface area contributed by atoms with E-state index in [2.05, 4.69) is 0 Å². The summed E-state index contributed by atoms with van der Waals surface area (Å²) in [5.74, 6) is 1.80. The molecular formula is C17H25NO2. The zero-order chi connectivity index (χ0) is 14.0. The largest absolute Gasteiger partial charge is 0.497 e. The lowest BCUT2D eigenvalue weighted by Crippen LogP contribution is -2.63. The maximum Gasteiger partial charge on any atom is 0.120 e. The summed E-state index contributed by atoms with van der Waals surface area (Å²) in [4.78, 5) is 0. The summed E-state index contributed by atoms with van der Waals surface area (Å²) in [6, 6.07) is 8.21. The average Bonchev–Trinajstić information content (AvgIpc) is 2.76. The first-order valence-electron chi connectivity index (χ1n) is 7.81. The van der Waals surface area contributed by atoms with Gasteiger partial charge in [0.2, 0.25) is 0 Å². The fourth-order valence-corrected chi connectivity index (χ4v) is 3.84. The van der Waals surface area contributed by atoms with E-state index in [0.29, 0.717) is 12.1 Å². The second-order valence-electron chi connectivity index (χ2n) is 6.27. The van der Waals surface area contributed by atoms with Crippen LogP contribution in [0.25, 0.3) is 0 Å². The summed E-state index contributed by atoms with van der Waals surface area (Å²) >= 11 is 0. The molecule has 0 heterocycles. The van der Waals surface area contributed by atoms with Crippen LogP contribution in [-0.2, 0) is 0 Å². The molecule has 0 bridgehead atoms. The number of ether oxygens (including phenoxy) is 2. The predicted octanol–water partition coefficient (Wildman–Crippen LogP) is 3.51. The van der Waals surface area contributed by atoms with Crippen LogP contribution in [0.15, 0.2) is 24.3 Å². The summed E-state index contributed by atoms with van der Waals surface area (Å²) in [5.41, 5.74) is 6.58. The van der Waals surface area contributed by atoms with Crippen LogP contribution >= 0.6 is 0 Å². The molecule has 20 heavy (non-hydrogen) atoms. The van der Waals surface area contributed by atoms with Crippen molar-refractivity contribution in [2.45, 2.75) is 57.1 Å². The molecule has 3 nitrogen and oxygen atoms in total. The molecule has 1 aromatic rings.